The van der Waals surface area contributed by atoms with E-state index in [-0.39, 0.29) is 23.0 Å². The number of nitrogens with one attached hydrogen (secondary N) is 1. The quantitative estimate of drug-likeness (QED) is 0.708. The van der Waals surface area contributed by atoms with E-state index in [0.29, 0.717) is 5.02 Å². The van der Waals surface area contributed by atoms with E-state index in [4.69, 9.17) is 20.4 Å². The van der Waals surface area contributed by atoms with E-state index in [9.17, 15) is 13.2 Å². The summed E-state index contributed by atoms with van der Waals surface area (Å²) in [4.78, 5) is 12.1. The van der Waals surface area contributed by atoms with Crippen molar-refractivity contribution >= 4 is 27.3 Å². The molecule has 1 aromatic carbocycles. The van der Waals surface area contributed by atoms with E-state index in [1.165, 1.54) is 42.9 Å². The summed E-state index contributed by atoms with van der Waals surface area (Å²) in [6.45, 7) is -0.169. The van der Waals surface area contributed by atoms with Crippen LogP contribution in [0.4, 0.5) is 0 Å². The van der Waals surface area contributed by atoms with Gasteiger partial charge < -0.3 is 14.2 Å². The zero-order valence-electron chi connectivity index (χ0n) is 12.9. The van der Waals surface area contributed by atoms with Gasteiger partial charge in [0.1, 0.15) is 11.0 Å². The lowest BCUT2D eigenvalue weighted by atomic mass is 10.3. The lowest BCUT2D eigenvalue weighted by Gasteiger charge is -2.16. The molecule has 0 radical (unpaired) electrons. The van der Waals surface area contributed by atoms with Crippen LogP contribution in [0.1, 0.15) is 21.6 Å². The van der Waals surface area contributed by atoms with Gasteiger partial charge in [-0.1, -0.05) is 11.6 Å². The van der Waals surface area contributed by atoms with Crippen LogP contribution in [0.25, 0.3) is 0 Å². The van der Waals surface area contributed by atoms with Crippen LogP contribution in [0.5, 0.6) is 0 Å². The van der Waals surface area contributed by atoms with E-state index < -0.39 is 21.0 Å². The van der Waals surface area contributed by atoms with Gasteiger partial charge in [0.2, 0.25) is 0 Å². The summed E-state index contributed by atoms with van der Waals surface area (Å²) in [5.74, 6) is -0.176. The van der Waals surface area contributed by atoms with Crippen molar-refractivity contribution in [2.75, 3.05) is 6.54 Å². The first-order valence-corrected chi connectivity index (χ1v) is 9.25. The van der Waals surface area contributed by atoms with Gasteiger partial charge in [-0.3, -0.25) is 4.79 Å². The van der Waals surface area contributed by atoms with Crippen LogP contribution in [-0.2, 0) is 9.84 Å². The monoisotopic (exact) mass is 379 g/mol. The standard InChI is InChI=1S/C17H14ClNO5S/c18-12-5-7-13(8-6-12)25(21,22)16(14-3-1-9-23-14)11-19-17(20)15-4-2-10-24-15/h1-10,16H,11H2,(H,19,20)/t16-/m1/s1. The van der Waals surface area contributed by atoms with Gasteiger partial charge in [0, 0.05) is 11.6 Å². The number of sulfone groups is 1. The Morgan fingerprint density at radius 3 is 2.32 bits per heavy atom. The molecule has 0 unspecified atom stereocenters. The van der Waals surface area contributed by atoms with Gasteiger partial charge in [-0.25, -0.2) is 8.42 Å². The second-order valence-electron chi connectivity index (χ2n) is 5.19. The van der Waals surface area contributed by atoms with Gasteiger partial charge in [0.15, 0.2) is 15.6 Å². The molecule has 1 N–H and O–H groups in total. The fourth-order valence-electron chi connectivity index (χ4n) is 2.31. The molecule has 3 rings (SSSR count). The molecular formula is C17H14ClNO5S. The molecule has 1 atom stereocenters. The highest BCUT2D eigenvalue weighted by molar-refractivity contribution is 7.91. The van der Waals surface area contributed by atoms with Gasteiger partial charge in [-0.15, -0.1) is 0 Å². The Morgan fingerprint density at radius 1 is 1.04 bits per heavy atom. The second kappa shape index (κ2) is 7.16. The fraction of sp³-hybridized carbons (Fsp3) is 0.118. The molecule has 0 aliphatic carbocycles. The first-order chi connectivity index (χ1) is 12.0. The first kappa shape index (κ1) is 17.3. The maximum absolute atomic E-state index is 13.0. The molecule has 25 heavy (non-hydrogen) atoms. The van der Waals surface area contributed by atoms with Gasteiger partial charge in [-0.05, 0) is 48.5 Å². The summed E-state index contributed by atoms with van der Waals surface area (Å²) in [6, 6.07) is 12.0. The molecule has 2 heterocycles. The highest BCUT2D eigenvalue weighted by atomic mass is 35.5. The minimum absolute atomic E-state index is 0.0885. The third-order valence-corrected chi connectivity index (χ3v) is 5.90. The Morgan fingerprint density at radius 2 is 1.72 bits per heavy atom. The zero-order chi connectivity index (χ0) is 17.9. The maximum Gasteiger partial charge on any atom is 0.287 e. The number of carbonyl (C=O) groups excluding carboxylic acids is 1. The van der Waals surface area contributed by atoms with Crippen molar-refractivity contribution < 1.29 is 22.0 Å². The third-order valence-electron chi connectivity index (χ3n) is 3.57. The molecule has 0 aliphatic rings. The fourth-order valence-corrected chi connectivity index (χ4v) is 4.02. The van der Waals surface area contributed by atoms with Crippen LogP contribution in [0.15, 0.2) is 74.8 Å². The molecule has 1 amide bonds. The highest BCUT2D eigenvalue weighted by Crippen LogP contribution is 2.29. The number of benzene rings is 1. The van der Waals surface area contributed by atoms with Crippen LogP contribution >= 0.6 is 11.6 Å². The highest BCUT2D eigenvalue weighted by Gasteiger charge is 2.32. The molecule has 8 heteroatoms. The van der Waals surface area contributed by atoms with Gasteiger partial charge in [0.05, 0.1) is 17.4 Å². The number of carbonyl (C=O) groups is 1. The number of rotatable bonds is 6. The summed E-state index contributed by atoms with van der Waals surface area (Å²) < 4.78 is 36.2. The predicted molar refractivity (Wildman–Crippen MR) is 91.1 cm³/mol. The number of amides is 1. The molecule has 0 spiro atoms. The topological polar surface area (TPSA) is 89.5 Å². The van der Waals surface area contributed by atoms with Crippen LogP contribution in [0.2, 0.25) is 5.02 Å². The number of hydrogen-bond donors (Lipinski definition) is 1. The Bertz CT molecular complexity index is 932. The van der Waals surface area contributed by atoms with Crippen molar-refractivity contribution in [2.45, 2.75) is 10.1 Å². The van der Waals surface area contributed by atoms with Gasteiger partial charge in [-0.2, -0.15) is 0 Å². The van der Waals surface area contributed by atoms with Crippen molar-refractivity contribution in [2.24, 2.45) is 0 Å². The Kier molecular flexibility index (Phi) is 4.96. The maximum atomic E-state index is 13.0. The summed E-state index contributed by atoms with van der Waals surface area (Å²) >= 11 is 5.82. The molecule has 0 fully saturated rings. The number of halogens is 1. The molecule has 130 valence electrons. The minimum atomic E-state index is -3.80. The normalized spacial score (nSPS) is 12.7. The largest absolute Gasteiger partial charge is 0.468 e. The van der Waals surface area contributed by atoms with E-state index in [1.807, 2.05) is 0 Å². The average molecular weight is 380 g/mol. The van der Waals surface area contributed by atoms with Crippen molar-refractivity contribution in [3.63, 3.8) is 0 Å². The number of furan rings is 2. The summed E-state index contributed by atoms with van der Waals surface area (Å²) in [6.07, 6.45) is 2.75. The first-order valence-electron chi connectivity index (χ1n) is 7.33. The summed E-state index contributed by atoms with van der Waals surface area (Å²) in [7, 11) is -3.80. The molecule has 6 nitrogen and oxygen atoms in total. The molecule has 0 saturated heterocycles. The molecule has 0 saturated carbocycles. The van der Waals surface area contributed by atoms with Gasteiger partial charge >= 0.3 is 0 Å². The molecule has 3 aromatic rings. The van der Waals surface area contributed by atoms with Crippen LogP contribution in [0.3, 0.4) is 0 Å². The lowest BCUT2D eigenvalue weighted by molar-refractivity contribution is 0.0925. The zero-order valence-corrected chi connectivity index (χ0v) is 14.5. The molecule has 0 bridgehead atoms. The predicted octanol–water partition coefficient (Wildman–Crippen LogP) is 3.47. The minimum Gasteiger partial charge on any atom is -0.468 e. The van der Waals surface area contributed by atoms with Crippen LogP contribution < -0.4 is 5.32 Å². The van der Waals surface area contributed by atoms with Crippen molar-refractivity contribution in [3.8, 4) is 0 Å². The summed E-state index contributed by atoms with van der Waals surface area (Å²) in [5.41, 5.74) is 0. The molecule has 2 aromatic heterocycles. The van der Waals surface area contributed by atoms with Crippen LogP contribution in [-0.4, -0.2) is 20.9 Å². The van der Waals surface area contributed by atoms with Gasteiger partial charge in [0.25, 0.3) is 5.91 Å². The molecular weight excluding hydrogens is 366 g/mol. The Hall–Kier alpha value is -2.51. The van der Waals surface area contributed by atoms with Crippen molar-refractivity contribution in [1.82, 2.24) is 5.32 Å². The van der Waals surface area contributed by atoms with E-state index in [2.05, 4.69) is 5.32 Å². The average Bonchev–Trinajstić information content (AvgIpc) is 3.29. The van der Waals surface area contributed by atoms with E-state index >= 15 is 0 Å². The van der Waals surface area contributed by atoms with E-state index in [0.717, 1.165) is 0 Å². The molecule has 0 aliphatic heterocycles. The SMILES string of the molecule is O=C(NC[C@H](c1ccco1)S(=O)(=O)c1ccc(Cl)cc1)c1ccco1. The van der Waals surface area contributed by atoms with E-state index in [1.54, 1.807) is 18.2 Å². The van der Waals surface area contributed by atoms with Crippen molar-refractivity contribution in [3.05, 3.63) is 77.6 Å². The smallest absolute Gasteiger partial charge is 0.287 e. The summed E-state index contributed by atoms with van der Waals surface area (Å²) in [5, 5.41) is 1.91. The van der Waals surface area contributed by atoms with Crippen LogP contribution in [0, 0.1) is 0 Å². The Labute approximate surface area is 149 Å². The Balaban J connectivity index is 1.87. The lowest BCUT2D eigenvalue weighted by Crippen LogP contribution is -2.31. The van der Waals surface area contributed by atoms with Crippen molar-refractivity contribution in [1.29, 1.82) is 0 Å². The third kappa shape index (κ3) is 3.78. The number of hydrogen-bond acceptors (Lipinski definition) is 5. The second-order valence-corrected chi connectivity index (χ2v) is 7.76.